The van der Waals surface area contributed by atoms with Gasteiger partial charge in [0.05, 0.1) is 6.42 Å². The fraction of sp³-hybridized carbons (Fsp3) is 0.833. The minimum atomic E-state index is -0.128. The molecular weight excluding hydrogens is 140 g/mol. The van der Waals surface area contributed by atoms with Gasteiger partial charge in [0.2, 0.25) is 0 Å². The summed E-state index contributed by atoms with van der Waals surface area (Å²) in [7, 11) is 0. The molecule has 0 saturated heterocycles. The molecule has 1 rings (SSSR count). The average Bonchev–Trinajstić information content (AvgIpc) is 1.89. The summed E-state index contributed by atoms with van der Waals surface area (Å²) in [5.41, 5.74) is 0. The molecule has 52 valence electrons. The van der Waals surface area contributed by atoms with E-state index in [2.05, 4.69) is 4.58 Å². The van der Waals surface area contributed by atoms with Crippen molar-refractivity contribution < 1.29 is 9.83 Å². The predicted molar refractivity (Wildman–Crippen MR) is 33.1 cm³/mol. The average molecular weight is 149 g/mol. The lowest BCUT2D eigenvalue weighted by atomic mass is 9.99. The van der Waals surface area contributed by atoms with Crippen LogP contribution < -0.4 is 5.26 Å². The van der Waals surface area contributed by atoms with E-state index in [1.54, 1.807) is 0 Å². The molecule has 0 heterocycles. The van der Waals surface area contributed by atoms with Gasteiger partial charge >= 0.3 is 5.78 Å². The van der Waals surface area contributed by atoms with Crippen molar-refractivity contribution in [3.8, 4) is 0 Å². The van der Waals surface area contributed by atoms with E-state index in [1.807, 2.05) is 0 Å². The smallest absolute Gasteiger partial charge is 0.346 e. The maximum Gasteiger partial charge on any atom is 0.346 e. The molecule has 0 aromatic heterocycles. The van der Waals surface area contributed by atoms with Gasteiger partial charge in [-0.1, -0.05) is 6.42 Å². The fourth-order valence-corrected chi connectivity index (χ4v) is 1.33. The molecule has 0 aromatic carbocycles. The molecule has 0 spiro atoms. The molecule has 0 amide bonds. The fourth-order valence-electron chi connectivity index (χ4n) is 1.03. The summed E-state index contributed by atoms with van der Waals surface area (Å²) in [4.78, 5) is 0. The third-order valence-electron chi connectivity index (χ3n) is 1.59. The van der Waals surface area contributed by atoms with E-state index in [4.69, 9.17) is 11.6 Å². The number of hydrogen-bond acceptors (Lipinski definition) is 1. The monoisotopic (exact) mass is 148 g/mol. The zero-order valence-corrected chi connectivity index (χ0v) is 5.86. The maximum absolute atomic E-state index is 9.87. The second-order valence-corrected chi connectivity index (χ2v) is 2.79. The highest BCUT2D eigenvalue weighted by molar-refractivity contribution is 6.31. The molecule has 1 saturated carbocycles. The van der Waals surface area contributed by atoms with Crippen LogP contribution in [0.1, 0.15) is 25.7 Å². The summed E-state index contributed by atoms with van der Waals surface area (Å²) in [6.45, 7) is 0. The van der Waals surface area contributed by atoms with Crippen LogP contribution in [0.2, 0.25) is 0 Å². The van der Waals surface area contributed by atoms with Gasteiger partial charge in [-0.15, -0.1) is 11.6 Å². The van der Waals surface area contributed by atoms with Crippen molar-refractivity contribution in [2.45, 2.75) is 31.1 Å². The van der Waals surface area contributed by atoms with Gasteiger partial charge in [0.15, 0.2) is 0 Å². The molecular formula is C6H9ClO2. The molecule has 0 N–H and O–H groups in total. The van der Waals surface area contributed by atoms with Gasteiger partial charge in [-0.2, -0.15) is 4.58 Å². The van der Waals surface area contributed by atoms with Crippen LogP contribution in [0.15, 0.2) is 0 Å². The first-order valence-electron chi connectivity index (χ1n) is 3.14. The van der Waals surface area contributed by atoms with Gasteiger partial charge in [0.1, 0.15) is 5.38 Å². The van der Waals surface area contributed by atoms with Crippen molar-refractivity contribution in [1.82, 2.24) is 0 Å². The van der Waals surface area contributed by atoms with Gasteiger partial charge in [-0.3, -0.25) is 0 Å². The number of ketones is 1. The van der Waals surface area contributed by atoms with Crippen LogP contribution in [0.3, 0.4) is 0 Å². The largest absolute Gasteiger partial charge is 0.463 e. The van der Waals surface area contributed by atoms with Crippen LogP contribution in [0.5, 0.6) is 0 Å². The Labute approximate surface area is 59.1 Å². The van der Waals surface area contributed by atoms with Gasteiger partial charge in [-0.25, -0.2) is 0 Å². The Balaban J connectivity index is 2.49. The van der Waals surface area contributed by atoms with E-state index >= 15 is 0 Å². The molecule has 9 heavy (non-hydrogen) atoms. The first-order chi connectivity index (χ1) is 4.34. The molecule has 1 atom stereocenters. The summed E-state index contributed by atoms with van der Waals surface area (Å²) in [6, 6.07) is 0. The molecule has 2 nitrogen and oxygen atoms in total. The van der Waals surface area contributed by atoms with Crippen LogP contribution in [-0.4, -0.2) is 11.2 Å². The van der Waals surface area contributed by atoms with Gasteiger partial charge < -0.3 is 5.26 Å². The molecule has 0 radical (unpaired) electrons. The molecule has 1 aliphatic carbocycles. The highest BCUT2D eigenvalue weighted by atomic mass is 35.5. The van der Waals surface area contributed by atoms with E-state index < -0.39 is 0 Å². The number of carbonyl (C=O) groups excluding carboxylic acids is 1. The van der Waals surface area contributed by atoms with Crippen molar-refractivity contribution >= 4 is 17.4 Å². The second-order valence-electron chi connectivity index (χ2n) is 2.26. The standard InChI is InChI=1S/C6H9ClO2/c7-5-3-1-2-4-6(5)9-8/h5H,1-4H2. The highest BCUT2D eigenvalue weighted by Gasteiger charge is 2.26. The first-order valence-corrected chi connectivity index (χ1v) is 3.58. The van der Waals surface area contributed by atoms with Crippen LogP contribution >= 0.6 is 11.6 Å². The van der Waals surface area contributed by atoms with Crippen molar-refractivity contribution in [1.29, 1.82) is 0 Å². The lowest BCUT2D eigenvalue weighted by Crippen LogP contribution is -2.24. The van der Waals surface area contributed by atoms with Crippen molar-refractivity contribution in [2.75, 3.05) is 0 Å². The summed E-state index contributed by atoms with van der Waals surface area (Å²) in [6.07, 6.45) is 3.79. The SMILES string of the molecule is [O-][O+]=C1CCCCC1Cl. The summed E-state index contributed by atoms with van der Waals surface area (Å²) in [5.74, 6) is 0.517. The number of hydrogen-bond donors (Lipinski definition) is 0. The van der Waals surface area contributed by atoms with Crippen molar-refractivity contribution in [3.63, 3.8) is 0 Å². The van der Waals surface area contributed by atoms with E-state index in [0.717, 1.165) is 25.7 Å². The molecule has 0 aromatic rings. The van der Waals surface area contributed by atoms with E-state index in [-0.39, 0.29) is 5.38 Å². The lowest BCUT2D eigenvalue weighted by molar-refractivity contribution is -1.05. The van der Waals surface area contributed by atoms with Crippen molar-refractivity contribution in [2.24, 2.45) is 0 Å². The van der Waals surface area contributed by atoms with E-state index in [0.29, 0.717) is 5.78 Å². The Morgan fingerprint density at radius 2 is 2.33 bits per heavy atom. The second kappa shape index (κ2) is 3.06. The Bertz CT molecular complexity index is 122. The zero-order valence-electron chi connectivity index (χ0n) is 5.10. The Morgan fingerprint density at radius 3 is 2.78 bits per heavy atom. The van der Waals surface area contributed by atoms with Crippen molar-refractivity contribution in [3.05, 3.63) is 0 Å². The van der Waals surface area contributed by atoms with Gasteiger partial charge in [0, 0.05) is 0 Å². The molecule has 1 unspecified atom stereocenters. The zero-order chi connectivity index (χ0) is 6.69. The van der Waals surface area contributed by atoms with E-state index in [1.165, 1.54) is 0 Å². The van der Waals surface area contributed by atoms with Gasteiger partial charge in [0.25, 0.3) is 0 Å². The number of alkyl halides is 1. The molecule has 1 aliphatic rings. The third kappa shape index (κ3) is 1.58. The molecule has 3 heteroatoms. The topological polar surface area (TPSA) is 34.4 Å². The predicted octanol–water partition coefficient (Wildman–Crippen LogP) is 0.548. The van der Waals surface area contributed by atoms with Crippen LogP contribution in [0.4, 0.5) is 0 Å². The van der Waals surface area contributed by atoms with E-state index in [9.17, 15) is 5.26 Å². The van der Waals surface area contributed by atoms with Crippen LogP contribution in [0.25, 0.3) is 0 Å². The first kappa shape index (κ1) is 6.87. The quantitative estimate of drug-likeness (QED) is 0.214. The summed E-state index contributed by atoms with van der Waals surface area (Å²) < 4.78 is 3.84. The third-order valence-corrected chi connectivity index (χ3v) is 2.05. The highest BCUT2D eigenvalue weighted by Crippen LogP contribution is 2.18. The summed E-state index contributed by atoms with van der Waals surface area (Å²) in [5, 5.41) is 9.75. The normalized spacial score (nSPS) is 33.0. The molecule has 1 fully saturated rings. The maximum atomic E-state index is 9.87. The number of rotatable bonds is 0. The van der Waals surface area contributed by atoms with Crippen LogP contribution in [-0.2, 0) is 4.58 Å². The minimum Gasteiger partial charge on any atom is -0.463 e. The minimum absolute atomic E-state index is 0.128. The molecule has 0 aliphatic heterocycles. The molecule has 0 bridgehead atoms. The Kier molecular flexibility index (Phi) is 2.34. The Hall–Kier alpha value is -0.240. The number of halogens is 1. The Morgan fingerprint density at radius 1 is 1.56 bits per heavy atom. The lowest BCUT2D eigenvalue weighted by Gasteiger charge is -2.09. The van der Waals surface area contributed by atoms with Crippen LogP contribution in [0, 0.1) is 0 Å². The summed E-state index contributed by atoms with van der Waals surface area (Å²) >= 11 is 5.72. The van der Waals surface area contributed by atoms with Gasteiger partial charge in [-0.05, 0) is 12.8 Å².